The summed E-state index contributed by atoms with van der Waals surface area (Å²) < 4.78 is 27.3. The number of amides is 3. The molecular weight excluding hydrogens is 616 g/mol. The summed E-state index contributed by atoms with van der Waals surface area (Å²) in [4.78, 5) is 40.0. The molecule has 0 saturated carbocycles. The minimum Gasteiger partial charge on any atom is -0.391 e. The van der Waals surface area contributed by atoms with E-state index in [4.69, 9.17) is 0 Å². The van der Waals surface area contributed by atoms with Crippen molar-refractivity contribution >= 4 is 33.4 Å². The van der Waals surface area contributed by atoms with Crippen molar-refractivity contribution in [3.05, 3.63) is 101 Å². The van der Waals surface area contributed by atoms with Crippen molar-refractivity contribution in [2.45, 2.75) is 78.6 Å². The zero-order valence-electron chi connectivity index (χ0n) is 28.0. The average molecular weight is 665 g/mol. The van der Waals surface area contributed by atoms with Crippen molar-refractivity contribution in [2.75, 3.05) is 10.5 Å². The van der Waals surface area contributed by atoms with E-state index in [0.717, 1.165) is 11.1 Å². The highest BCUT2D eigenvalue weighted by Gasteiger charge is 2.28. The molecular formula is C36H48N4O6S. The number of carbonyl (C=O) groups excluding carboxylic acids is 3. The van der Waals surface area contributed by atoms with Crippen LogP contribution in [0.4, 0.5) is 5.69 Å². The van der Waals surface area contributed by atoms with Crippen LogP contribution >= 0.6 is 0 Å². The minimum atomic E-state index is -3.72. The summed E-state index contributed by atoms with van der Waals surface area (Å²) in [6, 6.07) is 21.8. The quantitative estimate of drug-likeness (QED) is 0.139. The van der Waals surface area contributed by atoms with Gasteiger partial charge in [-0.2, -0.15) is 0 Å². The normalized spacial score (nSPS) is 14.7. The van der Waals surface area contributed by atoms with Gasteiger partial charge in [0.1, 0.15) is 0 Å². The molecule has 3 amide bonds. The first-order valence-electron chi connectivity index (χ1n) is 16.0. The molecule has 10 nitrogen and oxygen atoms in total. The molecule has 11 heteroatoms. The van der Waals surface area contributed by atoms with Gasteiger partial charge in [-0.25, -0.2) is 8.42 Å². The third-order valence-electron chi connectivity index (χ3n) is 7.97. The largest absolute Gasteiger partial charge is 0.391 e. The number of nitrogens with one attached hydrogen (secondary N) is 4. The summed E-state index contributed by atoms with van der Waals surface area (Å²) in [5.74, 6) is -1.94. The molecule has 3 aromatic carbocycles. The smallest absolute Gasteiger partial charge is 0.251 e. The van der Waals surface area contributed by atoms with Crippen LogP contribution in [0, 0.1) is 11.8 Å². The molecule has 0 aliphatic rings. The molecule has 0 bridgehead atoms. The highest BCUT2D eigenvalue weighted by molar-refractivity contribution is 7.92. The molecule has 0 heterocycles. The first-order chi connectivity index (χ1) is 22.2. The lowest BCUT2D eigenvalue weighted by atomic mass is 9.92. The lowest BCUT2D eigenvalue weighted by Gasteiger charge is -2.28. The maximum absolute atomic E-state index is 13.7. The predicted molar refractivity (Wildman–Crippen MR) is 185 cm³/mol. The number of aliphatic hydroxyl groups excluding tert-OH is 1. The molecule has 47 heavy (non-hydrogen) atoms. The summed E-state index contributed by atoms with van der Waals surface area (Å²) in [6.07, 6.45) is -0.525. The van der Waals surface area contributed by atoms with Gasteiger partial charge >= 0.3 is 0 Å². The van der Waals surface area contributed by atoms with E-state index in [0.29, 0.717) is 6.42 Å². The van der Waals surface area contributed by atoms with Crippen LogP contribution in [0.2, 0.25) is 0 Å². The summed E-state index contributed by atoms with van der Waals surface area (Å²) in [5.41, 5.74) is 2.04. The number of rotatable bonds is 16. The fourth-order valence-corrected chi connectivity index (χ4v) is 5.81. The second-order valence-electron chi connectivity index (χ2n) is 12.5. The van der Waals surface area contributed by atoms with Crippen molar-refractivity contribution in [3.63, 3.8) is 0 Å². The first-order valence-corrected chi connectivity index (χ1v) is 17.7. The van der Waals surface area contributed by atoms with E-state index >= 15 is 0 Å². The zero-order valence-corrected chi connectivity index (χ0v) is 28.8. The number of aliphatic hydroxyl groups is 1. The molecule has 0 fully saturated rings. The molecule has 5 unspecified atom stereocenters. The van der Waals surface area contributed by atoms with Gasteiger partial charge in [0.05, 0.1) is 35.7 Å². The predicted octanol–water partition coefficient (Wildman–Crippen LogP) is 5.35. The lowest BCUT2D eigenvalue weighted by Crippen LogP contribution is -2.46. The van der Waals surface area contributed by atoms with Crippen molar-refractivity contribution in [3.8, 4) is 0 Å². The summed E-state index contributed by atoms with van der Waals surface area (Å²) >= 11 is 0. The van der Waals surface area contributed by atoms with E-state index < -0.39 is 39.9 Å². The highest BCUT2D eigenvalue weighted by atomic mass is 32.2. The third kappa shape index (κ3) is 11.5. The Morgan fingerprint density at radius 2 is 1.19 bits per heavy atom. The Labute approximate surface area is 278 Å². The van der Waals surface area contributed by atoms with Crippen molar-refractivity contribution in [1.29, 1.82) is 0 Å². The molecule has 254 valence electrons. The Hall–Kier alpha value is -4.22. The van der Waals surface area contributed by atoms with Gasteiger partial charge in [0.25, 0.3) is 11.8 Å². The Morgan fingerprint density at radius 1 is 0.702 bits per heavy atom. The minimum absolute atomic E-state index is 0.0438. The van der Waals surface area contributed by atoms with Gasteiger partial charge in [-0.05, 0) is 68.9 Å². The maximum atomic E-state index is 13.7. The van der Waals surface area contributed by atoms with Gasteiger partial charge < -0.3 is 21.1 Å². The highest BCUT2D eigenvalue weighted by Crippen LogP contribution is 2.22. The molecule has 3 aromatic rings. The molecule has 5 atom stereocenters. The zero-order chi connectivity index (χ0) is 34.7. The molecule has 0 saturated heterocycles. The maximum Gasteiger partial charge on any atom is 0.251 e. The lowest BCUT2D eigenvalue weighted by molar-refractivity contribution is -0.126. The van der Waals surface area contributed by atoms with E-state index in [1.165, 1.54) is 25.1 Å². The van der Waals surface area contributed by atoms with Crippen molar-refractivity contribution < 1.29 is 27.9 Å². The molecule has 0 radical (unpaired) electrons. The van der Waals surface area contributed by atoms with Crippen molar-refractivity contribution in [2.24, 2.45) is 11.8 Å². The topological polar surface area (TPSA) is 154 Å². The fraction of sp³-hybridized carbons (Fsp3) is 0.417. The van der Waals surface area contributed by atoms with Crippen LogP contribution in [0.1, 0.15) is 98.3 Å². The molecule has 5 N–H and O–H groups in total. The number of carbonyl (C=O) groups is 3. The summed E-state index contributed by atoms with van der Waals surface area (Å²) in [7, 11) is -3.72. The van der Waals surface area contributed by atoms with Crippen molar-refractivity contribution in [1.82, 2.24) is 16.0 Å². The van der Waals surface area contributed by atoms with Gasteiger partial charge in [-0.15, -0.1) is 0 Å². The van der Waals surface area contributed by atoms with Gasteiger partial charge in [0, 0.05) is 17.0 Å². The standard InChI is InChI=1S/C36H48N4O6S/c1-7-47(45,46)40-31-21-29(35(43)38-26(6)28-16-12-9-13-17-28)20-30(22-31)36(44)39-32(18-23(2)3)33(41)19-24(4)34(42)37-25(5)27-14-10-8-11-15-27/h8-17,20-26,32-33,40-41H,7,18-19H2,1-6H3,(H,37,42)(H,38,43)(H,39,44). The third-order valence-corrected chi connectivity index (χ3v) is 9.27. The monoisotopic (exact) mass is 664 g/mol. The van der Waals surface area contributed by atoms with E-state index in [-0.39, 0.29) is 52.9 Å². The van der Waals surface area contributed by atoms with Gasteiger partial charge in [-0.3, -0.25) is 19.1 Å². The molecule has 0 aliphatic carbocycles. The van der Waals surface area contributed by atoms with E-state index in [1.807, 2.05) is 88.4 Å². The second-order valence-corrected chi connectivity index (χ2v) is 14.5. The fourth-order valence-electron chi connectivity index (χ4n) is 5.19. The number of anilines is 1. The van der Waals surface area contributed by atoms with Crippen LogP contribution in [0.25, 0.3) is 0 Å². The van der Waals surface area contributed by atoms with Gasteiger partial charge in [-0.1, -0.05) is 81.4 Å². The molecule has 0 aliphatic heterocycles. The van der Waals surface area contributed by atoms with Crippen LogP contribution in [0.15, 0.2) is 78.9 Å². The van der Waals surface area contributed by atoms with Crippen LogP contribution in [-0.4, -0.2) is 49.1 Å². The Morgan fingerprint density at radius 3 is 1.68 bits per heavy atom. The second kappa shape index (κ2) is 17.1. The van der Waals surface area contributed by atoms with E-state index in [1.54, 1.807) is 6.92 Å². The van der Waals surface area contributed by atoms with E-state index in [9.17, 15) is 27.9 Å². The molecule has 3 rings (SSSR count). The average Bonchev–Trinajstić information content (AvgIpc) is 3.04. The summed E-state index contributed by atoms with van der Waals surface area (Å²) in [5, 5.41) is 20.0. The van der Waals surface area contributed by atoms with Gasteiger partial charge in [0.15, 0.2) is 0 Å². The van der Waals surface area contributed by atoms with Crippen LogP contribution in [-0.2, 0) is 14.8 Å². The SMILES string of the molecule is CCS(=O)(=O)Nc1cc(C(=O)NC(C)c2ccccc2)cc(C(=O)NC(CC(C)C)C(O)CC(C)C(=O)NC(C)c2ccccc2)c1. The number of sulfonamides is 1. The van der Waals surface area contributed by atoms with Gasteiger partial charge in [0.2, 0.25) is 15.9 Å². The Kier molecular flexibility index (Phi) is 13.5. The Bertz CT molecular complexity index is 1600. The van der Waals surface area contributed by atoms with Crippen LogP contribution in [0.3, 0.4) is 0 Å². The summed E-state index contributed by atoms with van der Waals surface area (Å²) in [6.45, 7) is 10.8. The molecule has 0 spiro atoms. The number of benzene rings is 3. The van der Waals surface area contributed by atoms with Crippen LogP contribution in [0.5, 0.6) is 0 Å². The van der Waals surface area contributed by atoms with Crippen LogP contribution < -0.4 is 20.7 Å². The Balaban J connectivity index is 1.80. The van der Waals surface area contributed by atoms with E-state index in [2.05, 4.69) is 20.7 Å². The first kappa shape index (κ1) is 37.2. The number of hydrogen-bond donors (Lipinski definition) is 5. The molecule has 0 aromatic heterocycles. The number of hydrogen-bond acceptors (Lipinski definition) is 6.